The molecular weight excluding hydrogens is 246 g/mol. The van der Waals surface area contributed by atoms with E-state index in [0.29, 0.717) is 0 Å². The summed E-state index contributed by atoms with van der Waals surface area (Å²) in [5.41, 5.74) is -0.00405. The summed E-state index contributed by atoms with van der Waals surface area (Å²) in [6, 6.07) is 5.12. The van der Waals surface area contributed by atoms with Crippen molar-refractivity contribution in [3.8, 4) is 17.0 Å². The lowest BCUT2D eigenvalue weighted by atomic mass is 10.1. The van der Waals surface area contributed by atoms with Gasteiger partial charge in [-0.25, -0.2) is 0 Å². The van der Waals surface area contributed by atoms with Gasteiger partial charge in [-0.1, -0.05) is 6.07 Å². The first-order valence-corrected chi connectivity index (χ1v) is 5.88. The van der Waals surface area contributed by atoms with Crippen LogP contribution in [0.1, 0.15) is 0 Å². The Balaban J connectivity index is 2.78. The lowest BCUT2D eigenvalue weighted by molar-refractivity contribution is 0.468. The van der Waals surface area contributed by atoms with Gasteiger partial charge < -0.3 is 5.11 Å². The number of phenols is 1. The monoisotopic (exact) mass is 253 g/mol. The molecule has 0 aliphatic heterocycles. The van der Waals surface area contributed by atoms with Crippen LogP contribution in [0.25, 0.3) is 11.3 Å². The van der Waals surface area contributed by atoms with E-state index in [-0.39, 0.29) is 17.0 Å². The maximum atomic E-state index is 11.2. The second-order valence-electron chi connectivity index (χ2n) is 3.13. The molecule has 0 aliphatic carbocycles. The highest BCUT2D eigenvalue weighted by Crippen LogP contribution is 2.33. The van der Waals surface area contributed by atoms with Crippen LogP contribution in [0.4, 0.5) is 0 Å². The van der Waals surface area contributed by atoms with Crippen LogP contribution in [0.5, 0.6) is 5.75 Å². The van der Waals surface area contributed by atoms with Gasteiger partial charge in [0, 0.05) is 0 Å². The molecule has 0 unspecified atom stereocenters. The van der Waals surface area contributed by atoms with E-state index >= 15 is 0 Å². The normalized spacial score (nSPS) is 11.4. The maximum Gasteiger partial charge on any atom is 0.295 e. The third-order valence-electron chi connectivity index (χ3n) is 2.04. The summed E-state index contributed by atoms with van der Waals surface area (Å²) in [5, 5.41) is 20.0. The molecule has 7 nitrogen and oxygen atoms in total. The maximum absolute atomic E-state index is 11.2. The van der Waals surface area contributed by atoms with Crippen molar-refractivity contribution in [3.05, 3.63) is 30.5 Å². The lowest BCUT2D eigenvalue weighted by Crippen LogP contribution is -2.02. The van der Waals surface area contributed by atoms with Gasteiger partial charge in [0.25, 0.3) is 10.1 Å². The molecule has 2 rings (SSSR count). The number of benzene rings is 1. The minimum absolute atomic E-state index is 0.103. The van der Waals surface area contributed by atoms with Gasteiger partial charge in [-0.05, 0) is 23.4 Å². The van der Waals surface area contributed by atoms with E-state index < -0.39 is 15.0 Å². The number of hydrogen-bond acceptors (Lipinski definition) is 6. The summed E-state index contributed by atoms with van der Waals surface area (Å²) in [4.78, 5) is -0.432. The van der Waals surface area contributed by atoms with Crippen LogP contribution in [0.3, 0.4) is 0 Å². The quantitative estimate of drug-likeness (QED) is 0.748. The van der Waals surface area contributed by atoms with Gasteiger partial charge in [0.05, 0.1) is 11.8 Å². The summed E-state index contributed by atoms with van der Waals surface area (Å²) in [7, 11) is -4.45. The summed E-state index contributed by atoms with van der Waals surface area (Å²) >= 11 is 0. The zero-order valence-electron chi connectivity index (χ0n) is 8.35. The Kier molecular flexibility index (Phi) is 2.74. The molecule has 0 aliphatic rings. The predicted molar refractivity (Wildman–Crippen MR) is 56.7 cm³/mol. The van der Waals surface area contributed by atoms with Crippen molar-refractivity contribution in [1.29, 1.82) is 0 Å². The van der Waals surface area contributed by atoms with E-state index in [1.54, 1.807) is 0 Å². The van der Waals surface area contributed by atoms with E-state index in [2.05, 4.69) is 15.4 Å². The van der Waals surface area contributed by atoms with Crippen LogP contribution in [-0.2, 0) is 10.1 Å². The van der Waals surface area contributed by atoms with E-state index in [9.17, 15) is 13.5 Å². The topological polar surface area (TPSA) is 113 Å². The van der Waals surface area contributed by atoms with Crippen LogP contribution in [0.15, 0.2) is 35.4 Å². The second kappa shape index (κ2) is 4.07. The minimum Gasteiger partial charge on any atom is -0.507 e. The van der Waals surface area contributed by atoms with Crippen molar-refractivity contribution >= 4 is 10.1 Å². The molecule has 0 spiro atoms. The summed E-state index contributed by atoms with van der Waals surface area (Å²) in [6.07, 6.45) is 1.29. The molecular formula is C9H7N3O4S. The first-order chi connectivity index (χ1) is 8.00. The van der Waals surface area contributed by atoms with E-state index in [1.807, 2.05) is 0 Å². The standard InChI is InChI=1S/C9H7N3O4S/c13-7-2-1-3-8(17(14,15)16)9(7)6-4-5-10-12-11-6/h1-5,13H,(H,14,15,16). The summed E-state index contributed by atoms with van der Waals surface area (Å²) in [6.45, 7) is 0. The van der Waals surface area contributed by atoms with E-state index in [0.717, 1.165) is 6.07 Å². The lowest BCUT2D eigenvalue weighted by Gasteiger charge is -2.07. The first-order valence-electron chi connectivity index (χ1n) is 4.44. The fraction of sp³-hybridized carbons (Fsp3) is 0. The van der Waals surface area contributed by atoms with Gasteiger partial charge in [0.15, 0.2) is 0 Å². The summed E-state index contributed by atoms with van der Waals surface area (Å²) in [5.74, 6) is -0.319. The molecule has 1 aromatic carbocycles. The van der Waals surface area contributed by atoms with Gasteiger partial charge in [-0.15, -0.1) is 10.2 Å². The predicted octanol–water partition coefficient (Wildman–Crippen LogP) is 0.491. The molecule has 17 heavy (non-hydrogen) atoms. The average molecular weight is 253 g/mol. The molecule has 2 N–H and O–H groups in total. The fourth-order valence-electron chi connectivity index (χ4n) is 1.37. The Morgan fingerprint density at radius 2 is 1.94 bits per heavy atom. The van der Waals surface area contributed by atoms with Crippen molar-refractivity contribution < 1.29 is 18.1 Å². The molecule has 0 saturated heterocycles. The minimum atomic E-state index is -4.45. The van der Waals surface area contributed by atoms with Crippen molar-refractivity contribution in [2.45, 2.75) is 4.90 Å². The SMILES string of the molecule is O=S(=O)(O)c1cccc(O)c1-c1ccnnn1. The molecule has 1 aromatic heterocycles. The number of nitrogens with zero attached hydrogens (tertiary/aromatic N) is 3. The highest BCUT2D eigenvalue weighted by molar-refractivity contribution is 7.86. The molecule has 0 atom stereocenters. The van der Waals surface area contributed by atoms with Gasteiger partial charge in [0.1, 0.15) is 16.3 Å². The highest BCUT2D eigenvalue weighted by atomic mass is 32.2. The number of aromatic nitrogens is 3. The smallest absolute Gasteiger partial charge is 0.295 e. The Morgan fingerprint density at radius 3 is 2.53 bits per heavy atom. The zero-order chi connectivity index (χ0) is 12.5. The van der Waals surface area contributed by atoms with Gasteiger partial charge >= 0.3 is 0 Å². The van der Waals surface area contributed by atoms with E-state index in [4.69, 9.17) is 4.55 Å². The van der Waals surface area contributed by atoms with Crippen LogP contribution in [0, 0.1) is 0 Å². The second-order valence-corrected chi connectivity index (χ2v) is 4.52. The third kappa shape index (κ3) is 2.22. The van der Waals surface area contributed by atoms with Crippen molar-refractivity contribution in [1.82, 2.24) is 15.4 Å². The molecule has 0 amide bonds. The molecule has 1 heterocycles. The van der Waals surface area contributed by atoms with Crippen molar-refractivity contribution in [2.75, 3.05) is 0 Å². The molecule has 88 valence electrons. The number of phenolic OH excluding ortho intramolecular Hbond substituents is 1. The molecule has 0 radical (unpaired) electrons. The van der Waals surface area contributed by atoms with Gasteiger partial charge in [0.2, 0.25) is 0 Å². The Morgan fingerprint density at radius 1 is 1.18 bits per heavy atom. The first kappa shape index (κ1) is 11.4. The highest BCUT2D eigenvalue weighted by Gasteiger charge is 2.20. The average Bonchev–Trinajstić information content (AvgIpc) is 2.28. The molecule has 0 bridgehead atoms. The van der Waals surface area contributed by atoms with Crippen molar-refractivity contribution in [2.24, 2.45) is 0 Å². The third-order valence-corrected chi connectivity index (χ3v) is 2.94. The van der Waals surface area contributed by atoms with Gasteiger partial charge in [-0.2, -0.15) is 8.42 Å². The molecule has 0 fully saturated rings. The zero-order valence-corrected chi connectivity index (χ0v) is 9.16. The largest absolute Gasteiger partial charge is 0.507 e. The van der Waals surface area contributed by atoms with Crippen molar-refractivity contribution in [3.63, 3.8) is 0 Å². The van der Waals surface area contributed by atoms with Crippen LogP contribution < -0.4 is 0 Å². The molecule has 0 saturated carbocycles. The summed E-state index contributed by atoms with van der Waals surface area (Å²) < 4.78 is 31.4. The van der Waals surface area contributed by atoms with Crippen LogP contribution in [-0.4, -0.2) is 33.5 Å². The Bertz CT molecular complexity index is 643. The molecule has 2 aromatic rings. The number of rotatable bonds is 2. The van der Waals surface area contributed by atoms with E-state index in [1.165, 1.54) is 24.4 Å². The number of hydrogen-bond donors (Lipinski definition) is 2. The fourth-order valence-corrected chi connectivity index (χ4v) is 2.08. The van der Waals surface area contributed by atoms with Gasteiger partial charge in [-0.3, -0.25) is 4.55 Å². The Labute approximate surface area is 96.5 Å². The Hall–Kier alpha value is -2.06. The van der Waals surface area contributed by atoms with Crippen LogP contribution >= 0.6 is 0 Å². The number of aromatic hydroxyl groups is 1. The van der Waals surface area contributed by atoms with Crippen LogP contribution in [0.2, 0.25) is 0 Å². The molecule has 8 heteroatoms.